The molecule has 0 radical (unpaired) electrons. The van der Waals surface area contributed by atoms with Crippen LogP contribution in [0.2, 0.25) is 0 Å². The lowest BCUT2D eigenvalue weighted by Gasteiger charge is -2.12. The first-order valence-electron chi connectivity index (χ1n) is 6.49. The highest BCUT2D eigenvalue weighted by Gasteiger charge is 2.16. The lowest BCUT2D eigenvalue weighted by molar-refractivity contribution is 0.0601. The molecule has 2 aromatic rings. The minimum atomic E-state index is -2.98. The Bertz CT molecular complexity index is 793. The van der Waals surface area contributed by atoms with Crippen LogP contribution in [0.5, 0.6) is 0 Å². The average Bonchev–Trinajstić information content (AvgIpc) is 2.54. The summed E-state index contributed by atoms with van der Waals surface area (Å²) < 4.78 is 22.1. The zero-order valence-corrected chi connectivity index (χ0v) is 14.1. The zero-order chi connectivity index (χ0) is 16.3. The first kappa shape index (κ1) is 16.6. The highest BCUT2D eigenvalue weighted by Crippen LogP contribution is 2.30. The Labute approximate surface area is 134 Å². The van der Waals surface area contributed by atoms with E-state index in [4.69, 9.17) is 15.4 Å². The second-order valence-corrected chi connectivity index (χ2v) is 7.69. The van der Waals surface area contributed by atoms with Gasteiger partial charge in [-0.25, -0.2) is 9.00 Å². The summed E-state index contributed by atoms with van der Waals surface area (Å²) in [6.45, 7) is 1.94. The number of esters is 1. The van der Waals surface area contributed by atoms with Crippen molar-refractivity contribution in [3.05, 3.63) is 53.6 Å². The normalized spacial score (nSPS) is 13.4. The number of hydrogen-bond donors (Lipinski definition) is 0. The molecule has 116 valence electrons. The lowest BCUT2D eigenvalue weighted by Crippen LogP contribution is -2.04. The molecule has 0 heterocycles. The van der Waals surface area contributed by atoms with Crippen molar-refractivity contribution in [1.29, 1.82) is 0 Å². The molecule has 0 amide bonds. The van der Waals surface area contributed by atoms with Gasteiger partial charge in [-0.05, 0) is 30.7 Å². The molecule has 0 aliphatic rings. The van der Waals surface area contributed by atoms with Gasteiger partial charge in [0.25, 0.3) is 0 Å². The van der Waals surface area contributed by atoms with E-state index in [2.05, 4.69) is 4.74 Å². The van der Waals surface area contributed by atoms with Crippen molar-refractivity contribution in [2.24, 2.45) is 0 Å². The van der Waals surface area contributed by atoms with Crippen molar-refractivity contribution in [1.82, 2.24) is 0 Å². The van der Waals surface area contributed by atoms with E-state index in [9.17, 15) is 9.00 Å². The van der Waals surface area contributed by atoms with E-state index < -0.39 is 14.7 Å². The molecule has 4 nitrogen and oxygen atoms in total. The largest absolute Gasteiger partial charge is 0.465 e. The van der Waals surface area contributed by atoms with Crippen molar-refractivity contribution in [2.75, 3.05) is 14.2 Å². The van der Waals surface area contributed by atoms with Gasteiger partial charge in [-0.2, -0.15) is 0 Å². The van der Waals surface area contributed by atoms with Gasteiger partial charge < -0.3 is 4.74 Å². The summed E-state index contributed by atoms with van der Waals surface area (Å²) in [4.78, 5) is 11.9. The van der Waals surface area contributed by atoms with Gasteiger partial charge in [-0.1, -0.05) is 29.8 Å². The Morgan fingerprint density at radius 1 is 1.09 bits per heavy atom. The lowest BCUT2D eigenvalue weighted by atomic mass is 10.0. The number of carbonyl (C=O) groups is 1. The zero-order valence-electron chi connectivity index (χ0n) is 12.5. The van der Waals surface area contributed by atoms with E-state index in [0.29, 0.717) is 10.5 Å². The minimum Gasteiger partial charge on any atom is -0.465 e. The van der Waals surface area contributed by atoms with Crippen LogP contribution in [0.1, 0.15) is 15.9 Å². The van der Waals surface area contributed by atoms with E-state index in [1.807, 2.05) is 19.1 Å². The number of benzene rings is 2. The third kappa shape index (κ3) is 3.35. The number of carbonyl (C=O) groups excluding carboxylic acids is 1. The van der Waals surface area contributed by atoms with Gasteiger partial charge in [0.2, 0.25) is 0 Å². The first-order chi connectivity index (χ1) is 10.4. The van der Waals surface area contributed by atoms with Crippen LogP contribution in [0.4, 0.5) is 0 Å². The molecule has 0 saturated heterocycles. The maximum atomic E-state index is 12.4. The fraction of sp³-hybridized carbons (Fsp3) is 0.188. The second kappa shape index (κ2) is 6.56. The van der Waals surface area contributed by atoms with Crippen LogP contribution in [0, 0.1) is 6.92 Å². The SMILES string of the molecule is COC(=O)c1ccc(-c2cc(C)ccc2S(=O)(=S)OC)cc1. The molecule has 0 aliphatic carbocycles. The molecule has 1 unspecified atom stereocenters. The minimum absolute atomic E-state index is 0.403. The number of ether oxygens (including phenoxy) is 1. The van der Waals surface area contributed by atoms with E-state index in [0.717, 1.165) is 16.7 Å². The summed E-state index contributed by atoms with van der Waals surface area (Å²) in [5.41, 5.74) is 3.00. The van der Waals surface area contributed by atoms with Crippen molar-refractivity contribution in [2.45, 2.75) is 11.8 Å². The molecule has 2 rings (SSSR count). The van der Waals surface area contributed by atoms with Crippen LogP contribution < -0.4 is 0 Å². The molecular formula is C16H16O4S2. The quantitative estimate of drug-likeness (QED) is 0.803. The van der Waals surface area contributed by atoms with Crippen LogP contribution in [-0.2, 0) is 28.9 Å². The Balaban J connectivity index is 2.57. The molecule has 0 spiro atoms. The van der Waals surface area contributed by atoms with Gasteiger partial charge in [0.15, 0.2) is 8.77 Å². The van der Waals surface area contributed by atoms with E-state index in [1.54, 1.807) is 30.3 Å². The fourth-order valence-electron chi connectivity index (χ4n) is 2.08. The molecule has 0 fully saturated rings. The Morgan fingerprint density at radius 2 is 1.73 bits per heavy atom. The number of hydrogen-bond acceptors (Lipinski definition) is 5. The van der Waals surface area contributed by atoms with Crippen LogP contribution >= 0.6 is 0 Å². The molecule has 0 saturated carbocycles. The van der Waals surface area contributed by atoms with Crippen molar-refractivity contribution >= 4 is 25.9 Å². The Hall–Kier alpha value is -1.76. The van der Waals surface area contributed by atoms with E-state index in [1.165, 1.54) is 14.2 Å². The van der Waals surface area contributed by atoms with E-state index in [-0.39, 0.29) is 0 Å². The predicted molar refractivity (Wildman–Crippen MR) is 88.7 cm³/mol. The summed E-state index contributed by atoms with van der Waals surface area (Å²) in [6, 6.07) is 12.3. The van der Waals surface area contributed by atoms with Crippen LogP contribution in [0.3, 0.4) is 0 Å². The number of methoxy groups -OCH3 is 1. The van der Waals surface area contributed by atoms with E-state index >= 15 is 0 Å². The highest BCUT2D eigenvalue weighted by atomic mass is 32.8. The maximum Gasteiger partial charge on any atom is 0.337 e. The van der Waals surface area contributed by atoms with Gasteiger partial charge in [0.1, 0.15) is 0 Å². The fourth-order valence-corrected chi connectivity index (χ4v) is 3.38. The van der Waals surface area contributed by atoms with Crippen molar-refractivity contribution < 1.29 is 17.9 Å². The molecular weight excluding hydrogens is 320 g/mol. The van der Waals surface area contributed by atoms with Gasteiger partial charge in [0.05, 0.1) is 24.7 Å². The summed E-state index contributed by atoms with van der Waals surface area (Å²) >= 11 is 5.06. The predicted octanol–water partition coefficient (Wildman–Crippen LogP) is 3.12. The molecule has 6 heteroatoms. The third-order valence-corrected chi connectivity index (χ3v) is 5.52. The molecule has 1 atom stereocenters. The Morgan fingerprint density at radius 3 is 2.27 bits per heavy atom. The standard InChI is InChI=1S/C16H16O4S2/c1-11-4-9-15(22(18,21)20-3)14(10-11)12-5-7-13(8-6-12)16(17)19-2/h4-10H,1-3H3. The van der Waals surface area contributed by atoms with Crippen molar-refractivity contribution in [3.63, 3.8) is 0 Å². The van der Waals surface area contributed by atoms with Gasteiger partial charge in [-0.3, -0.25) is 4.18 Å². The van der Waals surface area contributed by atoms with Gasteiger partial charge in [0, 0.05) is 16.8 Å². The number of aryl methyl sites for hydroxylation is 1. The molecule has 0 bridgehead atoms. The van der Waals surface area contributed by atoms with Crippen molar-refractivity contribution in [3.8, 4) is 11.1 Å². The summed E-state index contributed by atoms with van der Waals surface area (Å²) in [6.07, 6.45) is 0. The molecule has 22 heavy (non-hydrogen) atoms. The molecule has 2 aromatic carbocycles. The second-order valence-electron chi connectivity index (χ2n) is 4.69. The monoisotopic (exact) mass is 336 g/mol. The topological polar surface area (TPSA) is 52.6 Å². The average molecular weight is 336 g/mol. The van der Waals surface area contributed by atoms with Crippen LogP contribution in [-0.4, -0.2) is 24.4 Å². The van der Waals surface area contributed by atoms with Gasteiger partial charge >= 0.3 is 5.97 Å². The Kier molecular flexibility index (Phi) is 4.95. The summed E-state index contributed by atoms with van der Waals surface area (Å²) in [7, 11) is -0.317. The first-order valence-corrected chi connectivity index (χ1v) is 8.90. The molecule has 0 N–H and O–H groups in total. The van der Waals surface area contributed by atoms with Gasteiger partial charge in [-0.15, -0.1) is 0 Å². The third-order valence-electron chi connectivity index (χ3n) is 3.24. The summed E-state index contributed by atoms with van der Waals surface area (Å²) in [5.74, 6) is -0.403. The van der Waals surface area contributed by atoms with Crippen LogP contribution in [0.15, 0.2) is 47.4 Å². The number of rotatable bonds is 4. The highest BCUT2D eigenvalue weighted by molar-refractivity contribution is 8.30. The summed E-state index contributed by atoms with van der Waals surface area (Å²) in [5, 5.41) is 0. The smallest absolute Gasteiger partial charge is 0.337 e. The maximum absolute atomic E-state index is 12.4. The molecule has 0 aromatic heterocycles. The molecule has 0 aliphatic heterocycles. The van der Waals surface area contributed by atoms with Crippen LogP contribution in [0.25, 0.3) is 11.1 Å².